The Morgan fingerprint density at radius 3 is 1.84 bits per heavy atom. The van der Waals surface area contributed by atoms with Crippen LogP contribution >= 0.6 is 23.5 Å². The molecule has 2 aliphatic heterocycles. The first-order chi connectivity index (χ1) is 40.3. The minimum absolute atomic E-state index is 0.0179. The van der Waals surface area contributed by atoms with E-state index in [9.17, 15) is 26.4 Å². The number of rotatable bonds is 19. The van der Waals surface area contributed by atoms with Crippen LogP contribution in [-0.4, -0.2) is 59.9 Å². The van der Waals surface area contributed by atoms with E-state index in [0.717, 1.165) is 74.8 Å². The fourth-order valence-corrected chi connectivity index (χ4v) is 15.7. The highest BCUT2D eigenvalue weighted by Gasteiger charge is 2.45. The lowest BCUT2D eigenvalue weighted by molar-refractivity contribution is -0.115. The number of nitrogens with one attached hydrogen (secondary N) is 1. The van der Waals surface area contributed by atoms with Crippen LogP contribution in [0.5, 0.6) is 0 Å². The lowest BCUT2D eigenvalue weighted by atomic mass is 9.78. The number of hydrogen-bond donors (Lipinski definition) is 1. The van der Waals surface area contributed by atoms with Gasteiger partial charge >= 0.3 is 15.5 Å². The van der Waals surface area contributed by atoms with Gasteiger partial charge in [-0.25, -0.2) is 13.1 Å². The highest BCUT2D eigenvalue weighted by molar-refractivity contribution is 8.14. The number of halogens is 3. The van der Waals surface area contributed by atoms with E-state index in [2.05, 4.69) is 166 Å². The number of alkyl halides is 3. The number of thioether (sulfide) groups is 2. The summed E-state index contributed by atoms with van der Waals surface area (Å²) in [6.45, 7) is 28.5. The molecule has 474 valence electrons. The summed E-state index contributed by atoms with van der Waals surface area (Å²) in [7, 11) is -5.29. The molecule has 2 saturated heterocycles. The lowest BCUT2D eigenvalue weighted by Gasteiger charge is -2.33. The summed E-state index contributed by atoms with van der Waals surface area (Å²) in [5, 5.41) is 1.70. The van der Waals surface area contributed by atoms with E-state index in [1.807, 2.05) is 12.1 Å². The first-order valence-electron chi connectivity index (χ1n) is 32.9. The molecule has 0 spiro atoms. The van der Waals surface area contributed by atoms with Gasteiger partial charge in [-0.1, -0.05) is 210 Å². The summed E-state index contributed by atoms with van der Waals surface area (Å²) in [6, 6.07) is 34.9. The van der Waals surface area contributed by atoms with Crippen molar-refractivity contribution in [3.8, 4) is 0 Å². The Kier molecular flexibility index (Phi) is 27.6. The maximum Gasteiger partial charge on any atom is 0.511 e. The fraction of sp³-hybridized carbons (Fsp3) is 0.658. The third kappa shape index (κ3) is 21.8. The first-order valence-corrected chi connectivity index (χ1v) is 36.3. The second-order valence-corrected chi connectivity index (χ2v) is 32.3. The monoisotopic (exact) mass is 1230 g/mol. The second kappa shape index (κ2) is 33.1. The Hall–Kier alpha value is -3.13. The van der Waals surface area contributed by atoms with E-state index in [4.69, 9.17) is 4.74 Å². The molecular formula is C73H109F3N2O4S3. The van der Waals surface area contributed by atoms with Crippen molar-refractivity contribution in [3.05, 3.63) is 142 Å². The van der Waals surface area contributed by atoms with E-state index < -0.39 is 15.5 Å². The van der Waals surface area contributed by atoms with Crippen LogP contribution in [0.25, 0.3) is 0 Å². The smallest absolute Gasteiger partial charge is 0.370 e. The fourth-order valence-electron chi connectivity index (χ4n) is 13.0. The third-order valence-electron chi connectivity index (χ3n) is 19.7. The molecular weight excluding hydrogens is 1120 g/mol. The highest BCUT2D eigenvalue weighted by Crippen LogP contribution is 2.42. The van der Waals surface area contributed by atoms with E-state index in [1.54, 1.807) is 28.0 Å². The van der Waals surface area contributed by atoms with Gasteiger partial charge in [0, 0.05) is 29.5 Å². The molecule has 5 aliphatic rings. The summed E-state index contributed by atoms with van der Waals surface area (Å²) in [4.78, 5) is 14.9. The predicted octanol–water partition coefficient (Wildman–Crippen LogP) is 20.1. The van der Waals surface area contributed by atoms with Gasteiger partial charge in [0.1, 0.15) is 0 Å². The Morgan fingerprint density at radius 2 is 1.29 bits per heavy atom. The number of benzene rings is 4. The molecule has 0 bridgehead atoms. The van der Waals surface area contributed by atoms with Crippen molar-refractivity contribution in [2.45, 2.75) is 268 Å². The molecule has 9 rings (SSSR count). The maximum absolute atomic E-state index is 12.4. The predicted molar refractivity (Wildman–Crippen MR) is 356 cm³/mol. The van der Waals surface area contributed by atoms with Crippen molar-refractivity contribution in [3.63, 3.8) is 0 Å². The molecule has 4 aromatic rings. The van der Waals surface area contributed by atoms with Gasteiger partial charge < -0.3 is 4.74 Å². The Labute approximate surface area is 523 Å². The molecule has 2 atom stereocenters. The van der Waals surface area contributed by atoms with Crippen molar-refractivity contribution in [2.24, 2.45) is 11.8 Å². The van der Waals surface area contributed by atoms with Gasteiger partial charge in [0.15, 0.2) is 5.12 Å². The van der Waals surface area contributed by atoms with Crippen LogP contribution in [-0.2, 0) is 60.9 Å². The highest BCUT2D eigenvalue weighted by atomic mass is 32.2. The van der Waals surface area contributed by atoms with E-state index in [-0.39, 0.29) is 28.9 Å². The molecule has 2 unspecified atom stereocenters. The van der Waals surface area contributed by atoms with Crippen LogP contribution in [0.4, 0.5) is 13.2 Å². The molecule has 1 N–H and O–H groups in total. The quantitative estimate of drug-likeness (QED) is 0.100. The van der Waals surface area contributed by atoms with E-state index in [0.29, 0.717) is 27.3 Å². The molecule has 4 aromatic carbocycles. The minimum atomic E-state index is -5.29. The van der Waals surface area contributed by atoms with Crippen LogP contribution in [0.1, 0.15) is 255 Å². The van der Waals surface area contributed by atoms with Gasteiger partial charge in [-0.05, 0) is 201 Å². The molecule has 5 fully saturated rings. The molecule has 0 aromatic heterocycles. The molecule has 6 nitrogen and oxygen atoms in total. The Morgan fingerprint density at radius 1 is 0.694 bits per heavy atom. The van der Waals surface area contributed by atoms with Crippen molar-refractivity contribution in [1.82, 2.24) is 9.62 Å². The minimum Gasteiger partial charge on any atom is -0.370 e. The number of ether oxygens (including phenoxy) is 1. The molecule has 12 heteroatoms. The van der Waals surface area contributed by atoms with Crippen LogP contribution in [0.3, 0.4) is 0 Å². The molecule has 0 amide bonds. The van der Waals surface area contributed by atoms with Gasteiger partial charge in [0.25, 0.3) is 0 Å². The van der Waals surface area contributed by atoms with Gasteiger partial charge in [0.2, 0.25) is 0 Å². The molecule has 3 aliphatic carbocycles. The topological polar surface area (TPSA) is 75.7 Å². The molecule has 85 heavy (non-hydrogen) atoms. The summed E-state index contributed by atoms with van der Waals surface area (Å²) in [5.74, 6) is 2.99. The lowest BCUT2D eigenvalue weighted by Crippen LogP contribution is -2.36. The summed E-state index contributed by atoms with van der Waals surface area (Å²) in [5.41, 5.74) is 5.64. The van der Waals surface area contributed by atoms with Crippen LogP contribution in [0.2, 0.25) is 0 Å². The number of carbonyl (C=O) groups is 1. The number of carbonyl (C=O) groups excluding carboxylic acids is 1. The van der Waals surface area contributed by atoms with Crippen molar-refractivity contribution in [2.75, 3.05) is 25.4 Å². The van der Waals surface area contributed by atoms with Crippen molar-refractivity contribution in [1.29, 1.82) is 0 Å². The van der Waals surface area contributed by atoms with E-state index in [1.165, 1.54) is 143 Å². The summed E-state index contributed by atoms with van der Waals surface area (Å²) >= 11 is 3.69. The zero-order valence-corrected chi connectivity index (χ0v) is 56.6. The average Bonchev–Trinajstić information content (AvgIpc) is 4.48. The zero-order valence-electron chi connectivity index (χ0n) is 54.2. The largest absolute Gasteiger partial charge is 0.511 e. The Bertz CT molecular complexity index is 2690. The molecule has 3 saturated carbocycles. The van der Waals surface area contributed by atoms with E-state index >= 15 is 0 Å². The summed E-state index contributed by atoms with van der Waals surface area (Å²) in [6.07, 6.45) is 26.5. The van der Waals surface area contributed by atoms with Crippen LogP contribution < -0.4 is 4.72 Å². The maximum atomic E-state index is 12.4. The average molecular weight is 1230 g/mol. The van der Waals surface area contributed by atoms with Crippen LogP contribution in [0.15, 0.2) is 97.1 Å². The number of hydrogen-bond acceptors (Lipinski definition) is 7. The summed E-state index contributed by atoms with van der Waals surface area (Å²) < 4.78 is 66.5. The zero-order chi connectivity index (χ0) is 61.9. The van der Waals surface area contributed by atoms with Crippen LogP contribution in [0, 0.1) is 11.8 Å². The Balaban J connectivity index is 0.000000187. The van der Waals surface area contributed by atoms with Gasteiger partial charge in [-0.15, -0.1) is 0 Å². The third-order valence-corrected chi connectivity index (χ3v) is 23.2. The molecule has 0 radical (unpaired) electrons. The molecule has 2 heterocycles. The van der Waals surface area contributed by atoms with Gasteiger partial charge in [-0.2, -0.15) is 24.9 Å². The standard InChI is InChI=1S/C27H42O2S.C17H24S.C15H23N.C14H20F3NO2S/c1-5-27(4,29-19-21-9-7-6-8-10-21)25-17-15-23(16-18-25)22-11-13-24(14-12-22)26(28)30-20(2)3;1-17(10-2-3-11-17)15-8-6-14(7-9-15)13-16-5-4-12-18-16;1-15(2,3)14-8-6-7-13(11-14)12-16-9-4-5-10-16;1-4-13(3,5-2)12-8-6-11(7-9-12)10-18-21(19,20)14(15,16)17/h15-18,20-22,24H,5-14,19H2,1-4H3;6-9,16H,2-5,10-13H2,1H3;6-8,11H,4-5,9-10,12H2,1-3H3;6-9,18H,4-5,10H2,1-3H3. The first kappa shape index (κ1) is 71.0. The normalized spacial score (nSPS) is 21.2. The number of sulfonamides is 1. The number of likely N-dealkylation sites (tertiary alicyclic amines) is 1. The van der Waals surface area contributed by atoms with Crippen molar-refractivity contribution >= 4 is 38.7 Å². The SMILES string of the molecule is CC(C)(C)c1cccc(CN2CCCC2)c1.CC1(c2ccc(CC3CCCS3)cc2)CCCC1.CCC(C)(CC)c1ccc(CNS(=O)(=O)C(F)(F)F)cc1.CCC(C)(OCC1CCCCC1)c1ccc(C2CCC(C(=O)SC(C)C)CC2)cc1. The second-order valence-electron chi connectivity index (χ2n) is 27.5. The van der Waals surface area contributed by atoms with Crippen molar-refractivity contribution < 1.29 is 31.1 Å². The van der Waals surface area contributed by atoms with Gasteiger partial charge in [0.05, 0.1) is 12.2 Å². The van der Waals surface area contributed by atoms with Gasteiger partial charge in [-0.3, -0.25) is 9.69 Å². The number of nitrogens with zero attached hydrogens (tertiary/aromatic N) is 1.